The predicted molar refractivity (Wildman–Crippen MR) is 85.2 cm³/mol. The number of ether oxygens (including phenoxy) is 1. The number of para-hydroxylation sites is 2. The molecule has 0 amide bonds. The van der Waals surface area contributed by atoms with Gasteiger partial charge in [0.25, 0.3) is 0 Å². The van der Waals surface area contributed by atoms with Crippen LogP contribution in [0.1, 0.15) is 31.9 Å². The van der Waals surface area contributed by atoms with Gasteiger partial charge in [-0.05, 0) is 28.7 Å². The van der Waals surface area contributed by atoms with Crippen LogP contribution in [0.15, 0.2) is 48.5 Å². The third-order valence-corrected chi connectivity index (χ3v) is 3.38. The molecule has 0 heterocycles. The highest BCUT2D eigenvalue weighted by molar-refractivity contribution is 5.46. The summed E-state index contributed by atoms with van der Waals surface area (Å²) in [5, 5.41) is 0. The molecule has 0 unspecified atom stereocenters. The maximum absolute atomic E-state index is 5.97. The summed E-state index contributed by atoms with van der Waals surface area (Å²) in [5.74, 6) is 0.967. The molecule has 0 aliphatic rings. The van der Waals surface area contributed by atoms with E-state index >= 15 is 0 Å². The van der Waals surface area contributed by atoms with Crippen molar-refractivity contribution in [2.75, 3.05) is 12.3 Å². The topological polar surface area (TPSA) is 35.2 Å². The SMILES string of the molecule is CC(C)(C)c1ccccc1OCCc1ccccc1N. The summed E-state index contributed by atoms with van der Waals surface area (Å²) in [4.78, 5) is 0. The molecule has 0 saturated carbocycles. The van der Waals surface area contributed by atoms with Crippen LogP contribution in [0, 0.1) is 0 Å². The monoisotopic (exact) mass is 269 g/mol. The lowest BCUT2D eigenvalue weighted by molar-refractivity contribution is 0.313. The van der Waals surface area contributed by atoms with Crippen LogP contribution >= 0.6 is 0 Å². The fraction of sp³-hybridized carbons (Fsp3) is 0.333. The zero-order valence-electron chi connectivity index (χ0n) is 12.5. The predicted octanol–water partition coefficient (Wildman–Crippen LogP) is 4.19. The van der Waals surface area contributed by atoms with Gasteiger partial charge in [0.2, 0.25) is 0 Å². The number of hydrogen-bond acceptors (Lipinski definition) is 2. The molecule has 0 spiro atoms. The molecule has 2 heteroatoms. The Kier molecular flexibility index (Phi) is 4.33. The number of anilines is 1. The number of nitrogens with two attached hydrogens (primary N) is 1. The van der Waals surface area contributed by atoms with Gasteiger partial charge in [0, 0.05) is 12.1 Å². The van der Waals surface area contributed by atoms with Crippen molar-refractivity contribution in [2.24, 2.45) is 0 Å². The molecule has 0 saturated heterocycles. The van der Waals surface area contributed by atoms with Gasteiger partial charge in [-0.1, -0.05) is 57.2 Å². The second-order valence-electron chi connectivity index (χ2n) is 6.04. The molecule has 0 fully saturated rings. The molecule has 0 bridgehead atoms. The van der Waals surface area contributed by atoms with Gasteiger partial charge in [-0.25, -0.2) is 0 Å². The first-order valence-electron chi connectivity index (χ1n) is 7.04. The second kappa shape index (κ2) is 6.00. The molecule has 106 valence electrons. The third-order valence-electron chi connectivity index (χ3n) is 3.38. The molecule has 2 N–H and O–H groups in total. The lowest BCUT2D eigenvalue weighted by Crippen LogP contribution is -2.14. The Morgan fingerprint density at radius 3 is 2.30 bits per heavy atom. The zero-order chi connectivity index (χ0) is 14.6. The molecule has 0 atom stereocenters. The first kappa shape index (κ1) is 14.4. The Labute approximate surface area is 121 Å². The van der Waals surface area contributed by atoms with Crippen LogP contribution in [0.3, 0.4) is 0 Å². The molecule has 2 aromatic rings. The molecule has 2 nitrogen and oxygen atoms in total. The van der Waals surface area contributed by atoms with Crippen LogP contribution in [0.5, 0.6) is 5.75 Å². The van der Waals surface area contributed by atoms with Crippen LogP contribution in [-0.4, -0.2) is 6.61 Å². The Morgan fingerprint density at radius 2 is 1.60 bits per heavy atom. The van der Waals surface area contributed by atoms with E-state index < -0.39 is 0 Å². The minimum Gasteiger partial charge on any atom is -0.493 e. The van der Waals surface area contributed by atoms with Crippen molar-refractivity contribution in [1.82, 2.24) is 0 Å². The van der Waals surface area contributed by atoms with Gasteiger partial charge in [0.1, 0.15) is 5.75 Å². The fourth-order valence-electron chi connectivity index (χ4n) is 2.24. The fourth-order valence-corrected chi connectivity index (χ4v) is 2.24. The maximum Gasteiger partial charge on any atom is 0.123 e. The van der Waals surface area contributed by atoms with Gasteiger partial charge in [-0.3, -0.25) is 0 Å². The Hall–Kier alpha value is -1.96. The molecule has 2 rings (SSSR count). The van der Waals surface area contributed by atoms with E-state index in [1.165, 1.54) is 5.56 Å². The molecule has 0 aliphatic carbocycles. The van der Waals surface area contributed by atoms with E-state index in [4.69, 9.17) is 10.5 Å². The standard InChI is InChI=1S/C18H23NO/c1-18(2,3)15-9-5-7-11-17(15)20-13-12-14-8-4-6-10-16(14)19/h4-11H,12-13,19H2,1-3H3. The molecule has 0 aliphatic heterocycles. The van der Waals surface area contributed by atoms with Crippen molar-refractivity contribution < 1.29 is 4.74 Å². The van der Waals surface area contributed by atoms with Crippen LogP contribution in [-0.2, 0) is 11.8 Å². The number of nitrogen functional groups attached to an aromatic ring is 1. The second-order valence-corrected chi connectivity index (χ2v) is 6.04. The van der Waals surface area contributed by atoms with Crippen LogP contribution in [0.2, 0.25) is 0 Å². The van der Waals surface area contributed by atoms with Crippen molar-refractivity contribution >= 4 is 5.69 Å². The Bertz CT molecular complexity index is 570. The van der Waals surface area contributed by atoms with Crippen molar-refractivity contribution in [3.05, 3.63) is 59.7 Å². The summed E-state index contributed by atoms with van der Waals surface area (Å²) in [7, 11) is 0. The average molecular weight is 269 g/mol. The Morgan fingerprint density at radius 1 is 0.950 bits per heavy atom. The molecule has 0 aromatic heterocycles. The lowest BCUT2D eigenvalue weighted by Gasteiger charge is -2.22. The highest BCUT2D eigenvalue weighted by Gasteiger charge is 2.18. The van der Waals surface area contributed by atoms with E-state index in [9.17, 15) is 0 Å². The molecular formula is C18H23NO. The van der Waals surface area contributed by atoms with Gasteiger partial charge in [-0.2, -0.15) is 0 Å². The van der Waals surface area contributed by atoms with Crippen LogP contribution in [0.25, 0.3) is 0 Å². The normalized spacial score (nSPS) is 11.3. The van der Waals surface area contributed by atoms with Crippen molar-refractivity contribution in [3.63, 3.8) is 0 Å². The third kappa shape index (κ3) is 3.53. The lowest BCUT2D eigenvalue weighted by atomic mass is 9.86. The maximum atomic E-state index is 5.97. The van der Waals surface area contributed by atoms with Gasteiger partial charge < -0.3 is 10.5 Å². The summed E-state index contributed by atoms with van der Waals surface area (Å²) < 4.78 is 5.97. The van der Waals surface area contributed by atoms with E-state index in [1.807, 2.05) is 36.4 Å². The highest BCUT2D eigenvalue weighted by atomic mass is 16.5. The molecular weight excluding hydrogens is 246 g/mol. The van der Waals surface area contributed by atoms with Gasteiger partial charge >= 0.3 is 0 Å². The van der Waals surface area contributed by atoms with Crippen molar-refractivity contribution in [1.29, 1.82) is 0 Å². The number of benzene rings is 2. The van der Waals surface area contributed by atoms with E-state index in [1.54, 1.807) is 0 Å². The van der Waals surface area contributed by atoms with Crippen molar-refractivity contribution in [2.45, 2.75) is 32.6 Å². The molecule has 0 radical (unpaired) electrons. The van der Waals surface area contributed by atoms with E-state index in [2.05, 4.69) is 32.9 Å². The number of rotatable bonds is 4. The summed E-state index contributed by atoms with van der Waals surface area (Å²) in [6.45, 7) is 7.24. The summed E-state index contributed by atoms with van der Waals surface area (Å²) in [5.41, 5.74) is 9.24. The van der Waals surface area contributed by atoms with Gasteiger partial charge in [0.05, 0.1) is 6.61 Å². The summed E-state index contributed by atoms with van der Waals surface area (Å²) in [6.07, 6.45) is 0.825. The summed E-state index contributed by atoms with van der Waals surface area (Å²) in [6, 6.07) is 16.2. The minimum absolute atomic E-state index is 0.0857. The van der Waals surface area contributed by atoms with E-state index in [0.717, 1.165) is 23.4 Å². The van der Waals surface area contributed by atoms with E-state index in [0.29, 0.717) is 6.61 Å². The molecule has 2 aromatic carbocycles. The smallest absolute Gasteiger partial charge is 0.123 e. The van der Waals surface area contributed by atoms with Crippen molar-refractivity contribution in [3.8, 4) is 5.75 Å². The zero-order valence-corrected chi connectivity index (χ0v) is 12.5. The van der Waals surface area contributed by atoms with Gasteiger partial charge in [-0.15, -0.1) is 0 Å². The van der Waals surface area contributed by atoms with Crippen LogP contribution < -0.4 is 10.5 Å². The number of hydrogen-bond donors (Lipinski definition) is 1. The summed E-state index contributed by atoms with van der Waals surface area (Å²) >= 11 is 0. The first-order chi connectivity index (χ1) is 9.48. The largest absolute Gasteiger partial charge is 0.493 e. The quantitative estimate of drug-likeness (QED) is 0.845. The Balaban J connectivity index is 2.04. The minimum atomic E-state index is 0.0857. The van der Waals surface area contributed by atoms with Gasteiger partial charge in [0.15, 0.2) is 0 Å². The first-order valence-corrected chi connectivity index (χ1v) is 7.04. The highest BCUT2D eigenvalue weighted by Crippen LogP contribution is 2.31. The van der Waals surface area contributed by atoms with Crippen LogP contribution in [0.4, 0.5) is 5.69 Å². The molecule has 20 heavy (non-hydrogen) atoms. The van der Waals surface area contributed by atoms with E-state index in [-0.39, 0.29) is 5.41 Å². The average Bonchev–Trinajstić information content (AvgIpc) is 2.40.